The molecule has 0 atom stereocenters. The molecule has 0 spiro atoms. The molecule has 0 aliphatic carbocycles. The molecular weight excluding hydrogens is 487 g/mol. The van der Waals surface area contributed by atoms with Crippen LogP contribution in [0.5, 0.6) is 0 Å². The summed E-state index contributed by atoms with van der Waals surface area (Å²) < 4.78 is 11.5. The van der Waals surface area contributed by atoms with Gasteiger partial charge in [-0.25, -0.2) is 0 Å². The highest BCUT2D eigenvalue weighted by Crippen LogP contribution is 2.42. The lowest BCUT2D eigenvalue weighted by atomic mass is 9.34. The van der Waals surface area contributed by atoms with Crippen molar-refractivity contribution in [2.45, 2.75) is 0 Å². The third-order valence-corrected chi connectivity index (χ3v) is 9.50. The molecule has 0 saturated carbocycles. The number of nitrogens with zero attached hydrogens (tertiary/aromatic N) is 2. The predicted molar refractivity (Wildman–Crippen MR) is 167 cm³/mol. The van der Waals surface area contributed by atoms with Crippen molar-refractivity contribution in [2.75, 3.05) is 0 Å². The van der Waals surface area contributed by atoms with Crippen molar-refractivity contribution in [3.63, 3.8) is 0 Å². The van der Waals surface area contributed by atoms with Crippen LogP contribution < -0.4 is 16.4 Å². The Kier molecular flexibility index (Phi) is 3.21. The maximum absolute atomic E-state index is 6.43. The minimum atomic E-state index is 0.129. The Bertz CT molecular complexity index is 2610. The number of hydrogen-bond acceptors (Lipinski definition) is 1. The lowest BCUT2D eigenvalue weighted by Gasteiger charge is -2.33. The predicted octanol–water partition coefficient (Wildman–Crippen LogP) is 6.92. The molecule has 6 aromatic carbocycles. The van der Waals surface area contributed by atoms with Gasteiger partial charge in [-0.2, -0.15) is 0 Å². The van der Waals surface area contributed by atoms with Crippen molar-refractivity contribution in [3.05, 3.63) is 115 Å². The van der Waals surface area contributed by atoms with Gasteiger partial charge in [0.2, 0.25) is 0 Å². The van der Waals surface area contributed by atoms with Crippen LogP contribution in [-0.2, 0) is 0 Å². The van der Waals surface area contributed by atoms with Crippen molar-refractivity contribution in [3.8, 4) is 11.4 Å². The van der Waals surface area contributed by atoms with Crippen LogP contribution in [0.25, 0.3) is 76.9 Å². The van der Waals surface area contributed by atoms with Gasteiger partial charge in [-0.15, -0.1) is 0 Å². The highest BCUT2D eigenvalue weighted by molar-refractivity contribution is 7.00. The number of para-hydroxylation sites is 4. The smallest absolute Gasteiger partial charge is 0.252 e. The molecule has 5 heterocycles. The van der Waals surface area contributed by atoms with Gasteiger partial charge in [0.25, 0.3) is 6.71 Å². The number of rotatable bonds is 0. The Morgan fingerprint density at radius 3 is 2.02 bits per heavy atom. The minimum absolute atomic E-state index is 0.129. The van der Waals surface area contributed by atoms with E-state index in [2.05, 4.69) is 124 Å². The molecule has 0 N–H and O–H groups in total. The van der Waals surface area contributed by atoms with Crippen molar-refractivity contribution in [1.29, 1.82) is 0 Å². The van der Waals surface area contributed by atoms with E-state index in [1.54, 1.807) is 0 Å². The van der Waals surface area contributed by atoms with E-state index in [9.17, 15) is 0 Å². The van der Waals surface area contributed by atoms with E-state index in [-0.39, 0.29) is 6.71 Å². The first kappa shape index (κ1) is 19.8. The second-order valence-corrected chi connectivity index (χ2v) is 11.3. The third kappa shape index (κ3) is 2.03. The average Bonchev–Trinajstić information content (AvgIpc) is 3.67. The fourth-order valence-corrected chi connectivity index (χ4v) is 8.08. The largest absolute Gasteiger partial charge is 0.456 e. The van der Waals surface area contributed by atoms with Crippen LogP contribution in [0, 0.1) is 0 Å². The first-order valence-electron chi connectivity index (χ1n) is 13.9. The zero-order valence-corrected chi connectivity index (χ0v) is 21.3. The first-order valence-corrected chi connectivity index (χ1v) is 13.9. The van der Waals surface area contributed by atoms with Gasteiger partial charge in [0, 0.05) is 38.1 Å². The van der Waals surface area contributed by atoms with E-state index in [1.807, 2.05) is 0 Å². The Hall–Kier alpha value is -5.22. The second kappa shape index (κ2) is 6.49. The fourth-order valence-electron chi connectivity index (χ4n) is 8.08. The van der Waals surface area contributed by atoms with Crippen LogP contribution in [-0.4, -0.2) is 15.8 Å². The SMILES string of the molecule is c1ccc2c(c1)oc1ccc3c(c12)-n1c2ccccc2c2ccc4c(c21)B3c1cccc2c3ccccc3n-4c12. The van der Waals surface area contributed by atoms with Gasteiger partial charge in [0.05, 0.1) is 27.6 Å². The molecular formula is C36H19BN2O. The molecule has 2 aliphatic heterocycles. The molecule has 0 saturated heterocycles. The average molecular weight is 506 g/mol. The summed E-state index contributed by atoms with van der Waals surface area (Å²) >= 11 is 0. The van der Waals surface area contributed by atoms with Crippen molar-refractivity contribution < 1.29 is 4.42 Å². The van der Waals surface area contributed by atoms with E-state index in [0.29, 0.717) is 0 Å². The number of fused-ring (bicyclic) bond motifs is 15. The topological polar surface area (TPSA) is 23.0 Å². The lowest BCUT2D eigenvalue weighted by Crippen LogP contribution is -2.59. The van der Waals surface area contributed by atoms with E-state index in [4.69, 9.17) is 4.42 Å². The molecule has 9 aromatic rings. The molecule has 0 unspecified atom stereocenters. The summed E-state index contributed by atoms with van der Waals surface area (Å²) in [5.41, 5.74) is 13.7. The second-order valence-electron chi connectivity index (χ2n) is 11.3. The fraction of sp³-hybridized carbons (Fsp3) is 0. The molecule has 3 nitrogen and oxygen atoms in total. The summed E-state index contributed by atoms with van der Waals surface area (Å²) in [6.45, 7) is 0.129. The Labute approximate surface area is 228 Å². The van der Waals surface area contributed by atoms with Gasteiger partial charge in [-0.05, 0) is 46.7 Å². The Morgan fingerprint density at radius 2 is 1.18 bits per heavy atom. The molecule has 3 aromatic heterocycles. The summed E-state index contributed by atoms with van der Waals surface area (Å²) in [4.78, 5) is 0. The first-order chi connectivity index (χ1) is 19.9. The van der Waals surface area contributed by atoms with E-state index in [1.165, 1.54) is 82.1 Å². The number of aromatic nitrogens is 2. The normalized spacial score (nSPS) is 13.4. The molecule has 0 bridgehead atoms. The summed E-state index contributed by atoms with van der Waals surface area (Å²) in [6, 6.07) is 42.3. The number of benzene rings is 6. The van der Waals surface area contributed by atoms with Crippen molar-refractivity contribution in [1.82, 2.24) is 9.13 Å². The van der Waals surface area contributed by atoms with Gasteiger partial charge < -0.3 is 13.6 Å². The van der Waals surface area contributed by atoms with Crippen LogP contribution in [0.3, 0.4) is 0 Å². The molecule has 2 aliphatic rings. The standard InChI is InChI=1S/C36H19BN2O/c1-4-13-27-20(8-1)22-11-7-12-25-34(22)38(27)29-18-16-23-21-9-2-5-14-28(21)39-35(23)33(29)37(25)26-17-19-31-32(36(26)39)24-10-3-6-15-30(24)40-31/h1-19H. The van der Waals surface area contributed by atoms with Gasteiger partial charge in [0.1, 0.15) is 11.2 Å². The summed E-state index contributed by atoms with van der Waals surface area (Å²) in [6.07, 6.45) is 0. The molecule has 4 heteroatoms. The molecule has 11 rings (SSSR count). The van der Waals surface area contributed by atoms with E-state index >= 15 is 0 Å². The summed E-state index contributed by atoms with van der Waals surface area (Å²) in [5.74, 6) is 0. The quantitative estimate of drug-likeness (QED) is 0.205. The van der Waals surface area contributed by atoms with Gasteiger partial charge >= 0.3 is 0 Å². The van der Waals surface area contributed by atoms with Gasteiger partial charge in [-0.3, -0.25) is 0 Å². The van der Waals surface area contributed by atoms with Crippen molar-refractivity contribution in [2.24, 2.45) is 0 Å². The third-order valence-electron chi connectivity index (χ3n) is 9.50. The van der Waals surface area contributed by atoms with Crippen LogP contribution in [0.1, 0.15) is 0 Å². The molecule has 0 radical (unpaired) electrons. The van der Waals surface area contributed by atoms with E-state index in [0.717, 1.165) is 11.2 Å². The van der Waals surface area contributed by atoms with Crippen molar-refractivity contribution >= 4 is 88.7 Å². The van der Waals surface area contributed by atoms with Gasteiger partial charge in [0.15, 0.2) is 0 Å². The summed E-state index contributed by atoms with van der Waals surface area (Å²) in [7, 11) is 0. The zero-order valence-electron chi connectivity index (χ0n) is 21.3. The molecule has 0 amide bonds. The van der Waals surface area contributed by atoms with Gasteiger partial charge in [-0.1, -0.05) is 84.9 Å². The number of furan rings is 1. The Morgan fingerprint density at radius 1 is 0.475 bits per heavy atom. The Balaban J connectivity index is 1.46. The highest BCUT2D eigenvalue weighted by Gasteiger charge is 2.41. The van der Waals surface area contributed by atoms with Crippen LogP contribution in [0.2, 0.25) is 0 Å². The maximum Gasteiger partial charge on any atom is 0.252 e. The summed E-state index contributed by atoms with van der Waals surface area (Å²) in [5, 5.41) is 7.59. The van der Waals surface area contributed by atoms with Crippen LogP contribution >= 0.6 is 0 Å². The van der Waals surface area contributed by atoms with E-state index < -0.39 is 0 Å². The zero-order chi connectivity index (χ0) is 25.7. The minimum Gasteiger partial charge on any atom is -0.456 e. The highest BCUT2D eigenvalue weighted by atomic mass is 16.3. The molecule has 0 fully saturated rings. The number of hydrogen-bond donors (Lipinski definition) is 0. The molecule has 40 heavy (non-hydrogen) atoms. The van der Waals surface area contributed by atoms with Crippen LogP contribution in [0.15, 0.2) is 120 Å². The maximum atomic E-state index is 6.43. The van der Waals surface area contributed by atoms with Crippen LogP contribution in [0.4, 0.5) is 0 Å². The monoisotopic (exact) mass is 506 g/mol. The lowest BCUT2D eigenvalue weighted by molar-refractivity contribution is 0.669. The molecule has 182 valence electrons.